The lowest BCUT2D eigenvalue weighted by molar-refractivity contribution is -0.107. The van der Waals surface area contributed by atoms with E-state index in [0.717, 1.165) is 6.29 Å². The van der Waals surface area contributed by atoms with Crippen LogP contribution in [-0.4, -0.2) is 13.4 Å². The number of ether oxygens (including phenoxy) is 1. The molecule has 76 valence electrons. The van der Waals surface area contributed by atoms with E-state index in [1.54, 1.807) is 12.1 Å². The second-order valence-corrected chi connectivity index (χ2v) is 3.60. The van der Waals surface area contributed by atoms with Gasteiger partial charge in [-0.3, -0.25) is 0 Å². The van der Waals surface area contributed by atoms with Gasteiger partial charge < -0.3 is 9.53 Å². The number of rotatable bonds is 4. The predicted octanol–water partition coefficient (Wildman–Crippen LogP) is 2.73. The van der Waals surface area contributed by atoms with Gasteiger partial charge in [-0.25, -0.2) is 4.39 Å². The maximum atomic E-state index is 13.6. The topological polar surface area (TPSA) is 26.3 Å². The van der Waals surface area contributed by atoms with E-state index in [4.69, 9.17) is 4.74 Å². The molecule has 14 heavy (non-hydrogen) atoms. The number of carbonyl (C=O) groups excluding carboxylic acids is 1. The summed E-state index contributed by atoms with van der Waals surface area (Å²) >= 11 is 3.23. The second-order valence-electron chi connectivity index (χ2n) is 2.75. The van der Waals surface area contributed by atoms with Crippen LogP contribution in [0.25, 0.3) is 0 Å². The molecule has 2 nitrogen and oxygen atoms in total. The second kappa shape index (κ2) is 5.10. The summed E-state index contributed by atoms with van der Waals surface area (Å²) in [7, 11) is 1.41. The molecule has 0 spiro atoms. The van der Waals surface area contributed by atoms with Gasteiger partial charge in [-0.05, 0) is 18.6 Å². The lowest BCUT2D eigenvalue weighted by Crippen LogP contribution is -1.97. The van der Waals surface area contributed by atoms with Crippen LogP contribution in [0.2, 0.25) is 0 Å². The van der Waals surface area contributed by atoms with Crippen molar-refractivity contribution in [3.8, 4) is 5.75 Å². The predicted molar refractivity (Wildman–Crippen MR) is 55.0 cm³/mol. The van der Waals surface area contributed by atoms with Gasteiger partial charge in [0.2, 0.25) is 0 Å². The molecule has 0 unspecified atom stereocenters. The molecule has 0 saturated carbocycles. The highest BCUT2D eigenvalue weighted by atomic mass is 79.9. The molecule has 4 heteroatoms. The van der Waals surface area contributed by atoms with Crippen molar-refractivity contribution in [2.24, 2.45) is 0 Å². The molecular formula is C10H10BrFO2. The molecule has 0 amide bonds. The minimum atomic E-state index is -0.399. The van der Waals surface area contributed by atoms with E-state index in [1.807, 2.05) is 0 Å². The number of hydrogen-bond donors (Lipinski definition) is 0. The molecular weight excluding hydrogens is 251 g/mol. The third-order valence-electron chi connectivity index (χ3n) is 1.88. The Labute approximate surface area is 90.2 Å². The molecule has 1 rings (SSSR count). The molecule has 0 heterocycles. The van der Waals surface area contributed by atoms with Crippen molar-refractivity contribution < 1.29 is 13.9 Å². The summed E-state index contributed by atoms with van der Waals surface area (Å²) in [5, 5.41) is 0. The molecule has 1 aromatic carbocycles. The van der Waals surface area contributed by atoms with Gasteiger partial charge in [0.1, 0.15) is 6.29 Å². The Morgan fingerprint density at radius 2 is 2.29 bits per heavy atom. The van der Waals surface area contributed by atoms with Gasteiger partial charge in [-0.2, -0.15) is 0 Å². The lowest BCUT2D eigenvalue weighted by Gasteiger charge is -2.08. The maximum Gasteiger partial charge on any atom is 0.169 e. The van der Waals surface area contributed by atoms with Crippen molar-refractivity contribution in [2.75, 3.05) is 7.11 Å². The van der Waals surface area contributed by atoms with Gasteiger partial charge in [-0.1, -0.05) is 15.9 Å². The van der Waals surface area contributed by atoms with E-state index in [0.29, 0.717) is 22.9 Å². The number of halogens is 2. The average Bonchev–Trinajstić information content (AvgIpc) is 2.18. The Bertz CT molecular complexity index is 339. The number of carbonyl (C=O) groups is 1. The van der Waals surface area contributed by atoms with Crippen LogP contribution in [0.4, 0.5) is 4.39 Å². The average molecular weight is 261 g/mol. The Morgan fingerprint density at radius 3 is 2.86 bits per heavy atom. The van der Waals surface area contributed by atoms with Crippen LogP contribution in [0.1, 0.15) is 12.0 Å². The SMILES string of the molecule is COc1ccc(Br)c(CCC=O)c1F. The molecule has 0 aromatic heterocycles. The Balaban J connectivity index is 3.04. The molecule has 0 fully saturated rings. The zero-order chi connectivity index (χ0) is 10.6. The van der Waals surface area contributed by atoms with Crippen LogP contribution < -0.4 is 4.74 Å². The molecule has 0 bridgehead atoms. The van der Waals surface area contributed by atoms with Crippen molar-refractivity contribution in [1.29, 1.82) is 0 Å². The van der Waals surface area contributed by atoms with Crippen LogP contribution >= 0.6 is 15.9 Å². The lowest BCUT2D eigenvalue weighted by atomic mass is 10.1. The zero-order valence-electron chi connectivity index (χ0n) is 7.72. The van der Waals surface area contributed by atoms with Crippen LogP contribution in [0.5, 0.6) is 5.75 Å². The summed E-state index contributed by atoms with van der Waals surface area (Å²) in [5.41, 5.74) is 0.483. The van der Waals surface area contributed by atoms with Crippen molar-refractivity contribution in [2.45, 2.75) is 12.8 Å². The summed E-state index contributed by atoms with van der Waals surface area (Å²) < 4.78 is 19.1. The van der Waals surface area contributed by atoms with Crippen LogP contribution in [0.15, 0.2) is 16.6 Å². The normalized spacial score (nSPS) is 9.93. The minimum Gasteiger partial charge on any atom is -0.494 e. The number of aldehydes is 1. The van der Waals surface area contributed by atoms with E-state index < -0.39 is 5.82 Å². The summed E-state index contributed by atoms with van der Waals surface area (Å²) in [6, 6.07) is 3.26. The van der Waals surface area contributed by atoms with Gasteiger partial charge in [0.15, 0.2) is 11.6 Å². The van der Waals surface area contributed by atoms with E-state index in [2.05, 4.69) is 15.9 Å². The van der Waals surface area contributed by atoms with Gasteiger partial charge in [-0.15, -0.1) is 0 Å². The fourth-order valence-corrected chi connectivity index (χ4v) is 1.67. The van der Waals surface area contributed by atoms with Gasteiger partial charge in [0.25, 0.3) is 0 Å². The van der Waals surface area contributed by atoms with Crippen LogP contribution in [0, 0.1) is 5.82 Å². The molecule has 0 N–H and O–H groups in total. The molecule has 0 aliphatic heterocycles. The maximum absolute atomic E-state index is 13.6. The smallest absolute Gasteiger partial charge is 0.169 e. The fourth-order valence-electron chi connectivity index (χ4n) is 1.17. The third kappa shape index (κ3) is 2.32. The highest BCUT2D eigenvalue weighted by Gasteiger charge is 2.11. The quantitative estimate of drug-likeness (QED) is 0.779. The van der Waals surface area contributed by atoms with Crippen molar-refractivity contribution >= 4 is 22.2 Å². The molecule has 0 atom stereocenters. The molecule has 0 aliphatic carbocycles. The largest absolute Gasteiger partial charge is 0.494 e. The first-order valence-corrected chi connectivity index (χ1v) is 4.94. The molecule has 0 aliphatic rings. The molecule has 0 saturated heterocycles. The van der Waals surface area contributed by atoms with Crippen molar-refractivity contribution in [3.05, 3.63) is 28.0 Å². The monoisotopic (exact) mass is 260 g/mol. The Hall–Kier alpha value is -0.900. The van der Waals surface area contributed by atoms with Crippen molar-refractivity contribution in [3.63, 3.8) is 0 Å². The third-order valence-corrected chi connectivity index (χ3v) is 2.63. The zero-order valence-corrected chi connectivity index (χ0v) is 9.30. The molecule has 0 radical (unpaired) electrons. The van der Waals surface area contributed by atoms with E-state index in [-0.39, 0.29) is 5.75 Å². The van der Waals surface area contributed by atoms with Crippen LogP contribution in [-0.2, 0) is 11.2 Å². The summed E-state index contributed by atoms with van der Waals surface area (Å²) in [4.78, 5) is 10.2. The Morgan fingerprint density at radius 1 is 1.57 bits per heavy atom. The molecule has 1 aromatic rings. The number of benzene rings is 1. The minimum absolute atomic E-state index is 0.203. The fraction of sp³-hybridized carbons (Fsp3) is 0.300. The highest BCUT2D eigenvalue weighted by Crippen LogP contribution is 2.28. The van der Waals surface area contributed by atoms with Gasteiger partial charge in [0.05, 0.1) is 7.11 Å². The van der Waals surface area contributed by atoms with E-state index in [9.17, 15) is 9.18 Å². The Kier molecular flexibility index (Phi) is 4.07. The van der Waals surface area contributed by atoms with Gasteiger partial charge in [0, 0.05) is 16.5 Å². The first-order chi connectivity index (χ1) is 6.70. The number of hydrogen-bond acceptors (Lipinski definition) is 2. The number of methoxy groups -OCH3 is 1. The first kappa shape index (κ1) is 11.2. The van der Waals surface area contributed by atoms with Crippen LogP contribution in [0.3, 0.4) is 0 Å². The van der Waals surface area contributed by atoms with Gasteiger partial charge >= 0.3 is 0 Å². The summed E-state index contributed by atoms with van der Waals surface area (Å²) in [6.45, 7) is 0. The van der Waals surface area contributed by atoms with E-state index in [1.165, 1.54) is 7.11 Å². The van der Waals surface area contributed by atoms with E-state index >= 15 is 0 Å². The summed E-state index contributed by atoms with van der Waals surface area (Å²) in [6.07, 6.45) is 1.46. The highest BCUT2D eigenvalue weighted by molar-refractivity contribution is 9.10. The van der Waals surface area contributed by atoms with Crippen molar-refractivity contribution in [1.82, 2.24) is 0 Å². The standard InChI is InChI=1S/C10H10BrFO2/c1-14-9-5-4-8(11)7(10(9)12)3-2-6-13/h4-6H,2-3H2,1H3. The summed E-state index contributed by atoms with van der Waals surface area (Å²) in [5.74, 6) is -0.196. The first-order valence-electron chi connectivity index (χ1n) is 4.15.